The summed E-state index contributed by atoms with van der Waals surface area (Å²) in [5.41, 5.74) is 0. The van der Waals surface area contributed by atoms with E-state index in [1.165, 1.54) is 0 Å². The summed E-state index contributed by atoms with van der Waals surface area (Å²) in [4.78, 5) is 12.3. The molecule has 2 rings (SSSR count). The highest BCUT2D eigenvalue weighted by Gasteiger charge is 2.39. The first-order chi connectivity index (χ1) is 7.12. The molecule has 0 aromatic rings. The Hall–Kier alpha value is 0.260. The SMILES string of the molecule is CC1(C(=O)NC2COCC2Br)CCCS1. The lowest BCUT2D eigenvalue weighted by Crippen LogP contribution is -2.48. The third-order valence-corrected chi connectivity index (χ3v) is 5.45. The standard InChI is InChI=1S/C10H16BrNO2S/c1-10(3-2-4-15-10)9(13)12-8-6-14-5-7(8)11/h7-8H,2-6H2,1H3,(H,12,13). The summed E-state index contributed by atoms with van der Waals surface area (Å²) < 4.78 is 5.08. The quantitative estimate of drug-likeness (QED) is 0.785. The molecule has 5 heteroatoms. The molecular formula is C10H16BrNO2S. The van der Waals surface area contributed by atoms with Gasteiger partial charge in [-0.2, -0.15) is 0 Å². The molecule has 0 bridgehead atoms. The van der Waals surface area contributed by atoms with Crippen molar-refractivity contribution in [2.75, 3.05) is 19.0 Å². The van der Waals surface area contributed by atoms with E-state index < -0.39 is 0 Å². The average molecular weight is 294 g/mol. The lowest BCUT2D eigenvalue weighted by atomic mass is 10.0. The van der Waals surface area contributed by atoms with Crippen LogP contribution in [0, 0.1) is 0 Å². The van der Waals surface area contributed by atoms with Crippen LogP contribution in [-0.2, 0) is 9.53 Å². The molecule has 0 aromatic heterocycles. The number of carbonyl (C=O) groups is 1. The molecule has 86 valence electrons. The Balaban J connectivity index is 1.91. The molecule has 0 spiro atoms. The van der Waals surface area contributed by atoms with Gasteiger partial charge in [0, 0.05) is 0 Å². The predicted octanol–water partition coefficient (Wildman–Crippen LogP) is 1.55. The number of halogens is 1. The van der Waals surface area contributed by atoms with Gasteiger partial charge in [0.25, 0.3) is 0 Å². The van der Waals surface area contributed by atoms with Crippen LogP contribution in [0.1, 0.15) is 19.8 Å². The molecule has 2 heterocycles. The van der Waals surface area contributed by atoms with Crippen molar-refractivity contribution in [3.63, 3.8) is 0 Å². The summed E-state index contributed by atoms with van der Waals surface area (Å²) in [5, 5.41) is 3.08. The number of alkyl halides is 1. The van der Waals surface area contributed by atoms with Gasteiger partial charge in [-0.1, -0.05) is 15.9 Å². The van der Waals surface area contributed by atoms with Crippen molar-refractivity contribution in [1.29, 1.82) is 0 Å². The molecule has 0 aromatic carbocycles. The van der Waals surface area contributed by atoms with E-state index in [1.807, 2.05) is 6.92 Å². The minimum Gasteiger partial charge on any atom is -0.378 e. The molecule has 15 heavy (non-hydrogen) atoms. The molecule has 2 aliphatic rings. The fraction of sp³-hybridized carbons (Fsp3) is 0.900. The molecule has 1 amide bonds. The van der Waals surface area contributed by atoms with Gasteiger partial charge in [-0.15, -0.1) is 11.8 Å². The van der Waals surface area contributed by atoms with E-state index >= 15 is 0 Å². The second-order valence-corrected chi connectivity index (χ2v) is 7.09. The van der Waals surface area contributed by atoms with Crippen LogP contribution in [0.2, 0.25) is 0 Å². The van der Waals surface area contributed by atoms with Crippen LogP contribution >= 0.6 is 27.7 Å². The minimum atomic E-state index is -0.213. The molecule has 0 radical (unpaired) electrons. The molecular weight excluding hydrogens is 278 g/mol. The van der Waals surface area contributed by atoms with Gasteiger partial charge in [0.15, 0.2) is 0 Å². The largest absolute Gasteiger partial charge is 0.378 e. The van der Waals surface area contributed by atoms with Gasteiger partial charge >= 0.3 is 0 Å². The molecule has 3 atom stereocenters. The molecule has 3 unspecified atom stereocenters. The van der Waals surface area contributed by atoms with Crippen LogP contribution in [0.4, 0.5) is 0 Å². The first-order valence-corrected chi connectivity index (χ1v) is 7.19. The van der Waals surface area contributed by atoms with Crippen LogP contribution in [0.5, 0.6) is 0 Å². The second kappa shape index (κ2) is 4.63. The zero-order valence-corrected chi connectivity index (χ0v) is 11.2. The maximum absolute atomic E-state index is 12.1. The summed E-state index contributed by atoms with van der Waals surface area (Å²) in [6, 6.07) is 0.135. The van der Waals surface area contributed by atoms with Gasteiger partial charge in [-0.05, 0) is 25.5 Å². The Morgan fingerprint density at radius 2 is 2.40 bits per heavy atom. The van der Waals surface area contributed by atoms with Crippen LogP contribution in [0.25, 0.3) is 0 Å². The fourth-order valence-electron chi connectivity index (χ4n) is 1.94. The summed E-state index contributed by atoms with van der Waals surface area (Å²) >= 11 is 5.28. The number of thioether (sulfide) groups is 1. The fourth-order valence-corrected chi connectivity index (χ4v) is 3.63. The number of amides is 1. The number of ether oxygens (including phenoxy) is 1. The first kappa shape index (κ1) is 11.7. The molecule has 0 aliphatic carbocycles. The lowest BCUT2D eigenvalue weighted by Gasteiger charge is -2.24. The average Bonchev–Trinajstić information content (AvgIpc) is 2.78. The van der Waals surface area contributed by atoms with Crippen molar-refractivity contribution in [2.45, 2.75) is 35.4 Å². The van der Waals surface area contributed by atoms with Crippen molar-refractivity contribution in [1.82, 2.24) is 5.32 Å². The van der Waals surface area contributed by atoms with Gasteiger partial charge in [0.05, 0.1) is 28.8 Å². The van der Waals surface area contributed by atoms with Crippen LogP contribution < -0.4 is 5.32 Å². The number of hydrogen-bond acceptors (Lipinski definition) is 3. The zero-order chi connectivity index (χ0) is 10.9. The van der Waals surface area contributed by atoms with E-state index in [0.29, 0.717) is 13.2 Å². The smallest absolute Gasteiger partial charge is 0.236 e. The van der Waals surface area contributed by atoms with E-state index in [-0.39, 0.29) is 21.5 Å². The van der Waals surface area contributed by atoms with E-state index in [4.69, 9.17) is 4.74 Å². The third kappa shape index (κ3) is 2.50. The molecule has 2 saturated heterocycles. The number of rotatable bonds is 2. The molecule has 1 N–H and O–H groups in total. The van der Waals surface area contributed by atoms with E-state index in [1.54, 1.807) is 11.8 Å². The van der Waals surface area contributed by atoms with Gasteiger partial charge in [-0.3, -0.25) is 4.79 Å². The summed E-state index contributed by atoms with van der Waals surface area (Å²) in [7, 11) is 0. The number of carbonyl (C=O) groups excluding carboxylic acids is 1. The van der Waals surface area contributed by atoms with Gasteiger partial charge in [0.2, 0.25) is 5.91 Å². The predicted molar refractivity (Wildman–Crippen MR) is 65.6 cm³/mol. The van der Waals surface area contributed by atoms with Gasteiger partial charge < -0.3 is 10.1 Å². The molecule has 3 nitrogen and oxygen atoms in total. The van der Waals surface area contributed by atoms with Crippen molar-refractivity contribution < 1.29 is 9.53 Å². The third-order valence-electron chi connectivity index (χ3n) is 3.03. The summed E-state index contributed by atoms with van der Waals surface area (Å²) in [6.45, 7) is 3.36. The Morgan fingerprint density at radius 3 is 2.93 bits per heavy atom. The van der Waals surface area contributed by atoms with Crippen LogP contribution in [0.3, 0.4) is 0 Å². The van der Waals surface area contributed by atoms with Gasteiger partial charge in [-0.25, -0.2) is 0 Å². The zero-order valence-electron chi connectivity index (χ0n) is 8.79. The topological polar surface area (TPSA) is 38.3 Å². The van der Waals surface area contributed by atoms with E-state index in [0.717, 1.165) is 18.6 Å². The highest BCUT2D eigenvalue weighted by Crippen LogP contribution is 2.38. The van der Waals surface area contributed by atoms with Gasteiger partial charge in [0.1, 0.15) is 0 Å². The monoisotopic (exact) mass is 293 g/mol. The van der Waals surface area contributed by atoms with Crippen molar-refractivity contribution >= 4 is 33.6 Å². The maximum atomic E-state index is 12.1. The molecule has 0 saturated carbocycles. The van der Waals surface area contributed by atoms with Crippen molar-refractivity contribution in [3.05, 3.63) is 0 Å². The molecule has 2 aliphatic heterocycles. The minimum absolute atomic E-state index is 0.135. The number of nitrogens with one attached hydrogen (secondary N) is 1. The van der Waals surface area contributed by atoms with E-state index in [9.17, 15) is 4.79 Å². The summed E-state index contributed by atoms with van der Waals surface area (Å²) in [5.74, 6) is 1.27. The second-order valence-electron chi connectivity index (χ2n) is 4.32. The number of hydrogen-bond donors (Lipinski definition) is 1. The Labute approximate surface area is 103 Å². The van der Waals surface area contributed by atoms with Crippen LogP contribution in [-0.4, -0.2) is 40.5 Å². The maximum Gasteiger partial charge on any atom is 0.236 e. The summed E-state index contributed by atoms with van der Waals surface area (Å²) in [6.07, 6.45) is 2.14. The normalized spacial score (nSPS) is 40.7. The Morgan fingerprint density at radius 1 is 1.60 bits per heavy atom. The molecule has 2 fully saturated rings. The highest BCUT2D eigenvalue weighted by atomic mass is 79.9. The first-order valence-electron chi connectivity index (χ1n) is 5.28. The Kier molecular flexibility index (Phi) is 3.63. The van der Waals surface area contributed by atoms with Crippen LogP contribution in [0.15, 0.2) is 0 Å². The lowest BCUT2D eigenvalue weighted by molar-refractivity contribution is -0.123. The van der Waals surface area contributed by atoms with Crippen molar-refractivity contribution in [3.8, 4) is 0 Å². The van der Waals surface area contributed by atoms with Crippen molar-refractivity contribution in [2.24, 2.45) is 0 Å². The Bertz CT molecular complexity index is 256. The highest BCUT2D eigenvalue weighted by molar-refractivity contribution is 9.09. The van der Waals surface area contributed by atoms with E-state index in [2.05, 4.69) is 21.2 Å².